The maximum absolute atomic E-state index is 4.93. The second-order valence-electron chi connectivity index (χ2n) is 1.86. The second kappa shape index (κ2) is 4.10. The summed E-state index contributed by atoms with van der Waals surface area (Å²) >= 11 is 0. The van der Waals surface area contributed by atoms with Gasteiger partial charge in [-0.25, -0.2) is 0 Å². The zero-order valence-electron chi connectivity index (χ0n) is 4.85. The van der Waals surface area contributed by atoms with Gasteiger partial charge >= 0.3 is 45.4 Å². The van der Waals surface area contributed by atoms with Gasteiger partial charge in [0, 0.05) is 0 Å². The summed E-state index contributed by atoms with van der Waals surface area (Å²) in [5.74, 6) is 0.569. The molecule has 0 heterocycles. The van der Waals surface area contributed by atoms with Gasteiger partial charge in [0.2, 0.25) is 0 Å². The molecule has 0 rings (SSSR count). The van der Waals surface area contributed by atoms with Gasteiger partial charge in [-0.05, 0) is 0 Å². The fourth-order valence-corrected chi connectivity index (χ4v) is 0.248. The van der Waals surface area contributed by atoms with E-state index in [9.17, 15) is 0 Å². The summed E-state index contributed by atoms with van der Waals surface area (Å²) in [4.78, 5) is 0. The Labute approximate surface area is 46.4 Å². The van der Waals surface area contributed by atoms with E-state index in [0.717, 1.165) is 6.61 Å². The third kappa shape index (κ3) is 5.93. The van der Waals surface area contributed by atoms with Crippen LogP contribution in [0.15, 0.2) is 0 Å². The molecule has 0 aliphatic carbocycles. The molecule has 0 saturated heterocycles. The molecule has 7 heavy (non-hydrogen) atoms. The molecule has 0 atom stereocenters. The summed E-state index contributed by atoms with van der Waals surface area (Å²) in [6.45, 7) is 4.86. The van der Waals surface area contributed by atoms with Crippen molar-refractivity contribution in [1.29, 1.82) is 0 Å². The van der Waals surface area contributed by atoms with E-state index < -0.39 is 0 Å². The Hall–Kier alpha value is -0.0701. The van der Waals surface area contributed by atoms with Crippen LogP contribution < -0.4 is 0 Å². The Morgan fingerprint density at radius 1 is 1.71 bits per heavy atom. The maximum atomic E-state index is 4.93. The van der Waals surface area contributed by atoms with Crippen molar-refractivity contribution < 1.29 is 4.65 Å². The van der Waals surface area contributed by atoms with E-state index in [-0.39, 0.29) is 0 Å². The molecule has 0 aliphatic heterocycles. The van der Waals surface area contributed by atoms with Crippen molar-refractivity contribution in [3.8, 4) is 0 Å². The fraction of sp³-hybridized carbons (Fsp3) is 1.00. The Balaban J connectivity index is 2.81. The second-order valence-corrected chi connectivity index (χ2v) is 1.86. The minimum atomic E-state index is 0.569. The zero-order valence-corrected chi connectivity index (χ0v) is 4.85. The van der Waals surface area contributed by atoms with Crippen molar-refractivity contribution in [2.24, 2.45) is 5.92 Å². The molecule has 0 aromatic rings. The molecule has 0 aromatic carbocycles. The van der Waals surface area contributed by atoms with Crippen LogP contribution in [0, 0.1) is 5.92 Å². The number of hydrogen-bond acceptors (Lipinski definition) is 1. The van der Waals surface area contributed by atoms with Crippen LogP contribution in [-0.2, 0) is 4.65 Å². The molecule has 0 spiro atoms. The Bertz CT molecular complexity index is 53.7. The van der Waals surface area contributed by atoms with E-state index in [2.05, 4.69) is 13.8 Å². The first kappa shape index (κ1) is 6.93. The van der Waals surface area contributed by atoms with Gasteiger partial charge in [-0.15, -0.1) is 0 Å². The monoisotopic (exact) mass is 95.1 g/mol. The average Bonchev–Trinajstić information content (AvgIpc) is 1.61. The van der Waals surface area contributed by atoms with Crippen LogP contribution in [0.4, 0.5) is 0 Å². The standard InChI is InChI=1S/C4H9B2O/c1-4(2)3-7-6-5/h4H,3H2,1-2H3. The first-order chi connectivity index (χ1) is 3.27. The van der Waals surface area contributed by atoms with Crippen LogP contribution in [0.5, 0.6) is 0 Å². The summed E-state index contributed by atoms with van der Waals surface area (Å²) < 4.78 is 4.75. The summed E-state index contributed by atoms with van der Waals surface area (Å²) in [6, 6.07) is 0. The molecule has 0 saturated carbocycles. The number of hydrogen-bond donors (Lipinski definition) is 0. The molecule has 0 N–H and O–H groups in total. The molecule has 0 fully saturated rings. The summed E-state index contributed by atoms with van der Waals surface area (Å²) in [5.41, 5.74) is 0. The van der Waals surface area contributed by atoms with Gasteiger partial charge < -0.3 is 0 Å². The average molecular weight is 94.7 g/mol. The summed E-state index contributed by atoms with van der Waals surface area (Å²) in [6.07, 6.45) is 0. The van der Waals surface area contributed by atoms with Gasteiger partial charge in [0.1, 0.15) is 0 Å². The number of rotatable bonds is 3. The van der Waals surface area contributed by atoms with E-state index in [1.807, 2.05) is 0 Å². The molecule has 0 unspecified atom stereocenters. The fourth-order valence-electron chi connectivity index (χ4n) is 0.248. The van der Waals surface area contributed by atoms with Crippen molar-refractivity contribution in [2.45, 2.75) is 13.8 Å². The summed E-state index contributed by atoms with van der Waals surface area (Å²) in [7, 11) is 6.15. The van der Waals surface area contributed by atoms with Crippen LogP contribution in [-0.4, -0.2) is 21.0 Å². The van der Waals surface area contributed by atoms with Crippen LogP contribution in [0.25, 0.3) is 0 Å². The van der Waals surface area contributed by atoms with Gasteiger partial charge in [-0.1, -0.05) is 0 Å². The molecule has 0 amide bonds. The predicted octanol–water partition coefficient (Wildman–Crippen LogP) is 0.362. The molecule has 3 heteroatoms. The molecule has 37 valence electrons. The third-order valence-electron chi connectivity index (χ3n) is 0.526. The van der Waals surface area contributed by atoms with Crippen molar-refractivity contribution >= 4 is 14.4 Å². The molecule has 1 radical (unpaired) electrons. The van der Waals surface area contributed by atoms with Crippen molar-refractivity contribution in [1.82, 2.24) is 0 Å². The Morgan fingerprint density at radius 3 is 2.43 bits per heavy atom. The van der Waals surface area contributed by atoms with Crippen LogP contribution >= 0.6 is 0 Å². The van der Waals surface area contributed by atoms with Crippen LogP contribution in [0.1, 0.15) is 13.8 Å². The topological polar surface area (TPSA) is 9.23 Å². The van der Waals surface area contributed by atoms with Gasteiger partial charge in [0.25, 0.3) is 0 Å². The molecule has 0 aromatic heterocycles. The minimum absolute atomic E-state index is 0.569. The molecule has 1 nitrogen and oxygen atoms in total. The van der Waals surface area contributed by atoms with E-state index in [1.165, 1.54) is 7.00 Å². The quantitative estimate of drug-likeness (QED) is 0.459. The third-order valence-corrected chi connectivity index (χ3v) is 0.526. The SMILES string of the molecule is [B]=BOCC(C)C. The van der Waals surface area contributed by atoms with E-state index in [1.54, 1.807) is 0 Å². The van der Waals surface area contributed by atoms with Crippen LogP contribution in [0.2, 0.25) is 0 Å². The first-order valence-electron chi connectivity index (χ1n) is 2.42. The van der Waals surface area contributed by atoms with E-state index in [0.29, 0.717) is 5.92 Å². The molecule has 0 aliphatic rings. The normalized spacial score (nSPS) is 8.29. The Morgan fingerprint density at radius 2 is 2.29 bits per heavy atom. The van der Waals surface area contributed by atoms with Gasteiger partial charge in [-0.2, -0.15) is 0 Å². The van der Waals surface area contributed by atoms with Crippen molar-refractivity contribution in [3.05, 3.63) is 0 Å². The molecular formula is C4H9B2O. The molecular weight excluding hydrogens is 85.7 g/mol. The zero-order chi connectivity index (χ0) is 5.70. The van der Waals surface area contributed by atoms with Crippen molar-refractivity contribution in [2.75, 3.05) is 6.61 Å². The first-order valence-corrected chi connectivity index (χ1v) is 2.42. The summed E-state index contributed by atoms with van der Waals surface area (Å²) in [5, 5.41) is 0. The Kier molecular flexibility index (Phi) is 4.06. The molecule has 0 bridgehead atoms. The van der Waals surface area contributed by atoms with Crippen LogP contribution in [0.3, 0.4) is 0 Å². The van der Waals surface area contributed by atoms with E-state index >= 15 is 0 Å². The predicted molar refractivity (Wildman–Crippen MR) is 32.3 cm³/mol. The van der Waals surface area contributed by atoms with Gasteiger partial charge in [0.15, 0.2) is 0 Å². The van der Waals surface area contributed by atoms with Crippen molar-refractivity contribution in [3.63, 3.8) is 0 Å². The van der Waals surface area contributed by atoms with Gasteiger partial charge in [0.05, 0.1) is 0 Å². The van der Waals surface area contributed by atoms with E-state index in [4.69, 9.17) is 12.0 Å². The van der Waals surface area contributed by atoms with Gasteiger partial charge in [-0.3, -0.25) is 0 Å².